The highest BCUT2D eigenvalue weighted by Crippen LogP contribution is 2.23. The lowest BCUT2D eigenvalue weighted by Crippen LogP contribution is -2.13. The molecule has 0 aromatic heterocycles. The molecule has 1 aromatic rings. The van der Waals surface area contributed by atoms with E-state index in [1.807, 2.05) is 18.2 Å². The van der Waals surface area contributed by atoms with E-state index in [1.165, 1.54) is 0 Å². The minimum atomic E-state index is 0.216. The topological polar surface area (TPSA) is 41.5 Å². The van der Waals surface area contributed by atoms with Gasteiger partial charge in [0.25, 0.3) is 0 Å². The summed E-state index contributed by atoms with van der Waals surface area (Å²) in [5.41, 5.74) is 1.07. The van der Waals surface area contributed by atoms with Crippen LogP contribution < -0.4 is 10.1 Å². The SMILES string of the molecule is CCNCc1cc(Cl)ccc1OCCCCO. The quantitative estimate of drug-likeness (QED) is 0.704. The van der Waals surface area contributed by atoms with Crippen LogP contribution in [0.15, 0.2) is 18.2 Å². The minimum absolute atomic E-state index is 0.216. The molecule has 0 aliphatic heterocycles. The van der Waals surface area contributed by atoms with Gasteiger partial charge in [0, 0.05) is 23.7 Å². The molecular weight excluding hydrogens is 238 g/mol. The second-order valence-electron chi connectivity index (χ2n) is 3.81. The van der Waals surface area contributed by atoms with Crippen LogP contribution in [-0.2, 0) is 6.54 Å². The predicted octanol–water partition coefficient (Wildman–Crippen LogP) is 2.60. The van der Waals surface area contributed by atoms with E-state index >= 15 is 0 Å². The van der Waals surface area contributed by atoms with Gasteiger partial charge in [0.05, 0.1) is 6.61 Å². The van der Waals surface area contributed by atoms with Crippen molar-refractivity contribution in [1.82, 2.24) is 5.32 Å². The molecule has 0 aliphatic carbocycles. The number of halogens is 1. The summed E-state index contributed by atoms with van der Waals surface area (Å²) in [4.78, 5) is 0. The zero-order chi connectivity index (χ0) is 12.5. The molecule has 0 spiro atoms. The van der Waals surface area contributed by atoms with E-state index in [0.29, 0.717) is 6.61 Å². The number of rotatable bonds is 8. The normalized spacial score (nSPS) is 10.5. The zero-order valence-electron chi connectivity index (χ0n) is 10.2. The van der Waals surface area contributed by atoms with Crippen molar-refractivity contribution < 1.29 is 9.84 Å². The maximum absolute atomic E-state index is 8.69. The van der Waals surface area contributed by atoms with Gasteiger partial charge in [-0.15, -0.1) is 0 Å². The summed E-state index contributed by atoms with van der Waals surface area (Å²) >= 11 is 5.96. The van der Waals surface area contributed by atoms with Crippen molar-refractivity contribution >= 4 is 11.6 Å². The highest BCUT2D eigenvalue weighted by molar-refractivity contribution is 6.30. The standard InChI is InChI=1S/C13H20ClNO2/c1-2-15-10-11-9-12(14)5-6-13(11)17-8-4-3-7-16/h5-6,9,15-16H,2-4,7-8,10H2,1H3. The van der Waals surface area contributed by atoms with Crippen LogP contribution in [0.1, 0.15) is 25.3 Å². The molecule has 0 saturated heterocycles. The van der Waals surface area contributed by atoms with Gasteiger partial charge in [-0.05, 0) is 37.6 Å². The van der Waals surface area contributed by atoms with Crippen LogP contribution in [0.4, 0.5) is 0 Å². The molecule has 3 nitrogen and oxygen atoms in total. The lowest BCUT2D eigenvalue weighted by molar-refractivity contribution is 0.252. The fraction of sp³-hybridized carbons (Fsp3) is 0.538. The van der Waals surface area contributed by atoms with Gasteiger partial charge in [-0.2, -0.15) is 0 Å². The Kier molecular flexibility index (Phi) is 7.01. The maximum Gasteiger partial charge on any atom is 0.123 e. The van der Waals surface area contributed by atoms with E-state index in [0.717, 1.165) is 42.3 Å². The number of unbranched alkanes of at least 4 members (excludes halogenated alkanes) is 1. The fourth-order valence-corrected chi connectivity index (χ4v) is 1.68. The van der Waals surface area contributed by atoms with Crippen molar-refractivity contribution in [3.8, 4) is 5.75 Å². The van der Waals surface area contributed by atoms with Crippen molar-refractivity contribution in [2.24, 2.45) is 0 Å². The molecule has 0 aliphatic rings. The highest BCUT2D eigenvalue weighted by atomic mass is 35.5. The second kappa shape index (κ2) is 8.34. The first-order valence-electron chi connectivity index (χ1n) is 6.00. The Morgan fingerprint density at radius 2 is 2.18 bits per heavy atom. The summed E-state index contributed by atoms with van der Waals surface area (Å²) in [7, 11) is 0. The van der Waals surface area contributed by atoms with E-state index in [2.05, 4.69) is 12.2 Å². The molecule has 0 radical (unpaired) electrons. The molecule has 0 fully saturated rings. The van der Waals surface area contributed by atoms with Gasteiger partial charge in [0.15, 0.2) is 0 Å². The summed E-state index contributed by atoms with van der Waals surface area (Å²) in [6.07, 6.45) is 1.63. The molecule has 4 heteroatoms. The maximum atomic E-state index is 8.69. The first kappa shape index (κ1) is 14.3. The van der Waals surface area contributed by atoms with Crippen molar-refractivity contribution in [2.45, 2.75) is 26.3 Å². The minimum Gasteiger partial charge on any atom is -0.493 e. The molecule has 96 valence electrons. The van der Waals surface area contributed by atoms with Crippen LogP contribution >= 0.6 is 11.6 Å². The molecule has 17 heavy (non-hydrogen) atoms. The fourth-order valence-electron chi connectivity index (χ4n) is 1.48. The third kappa shape index (κ3) is 5.39. The van der Waals surface area contributed by atoms with E-state index in [1.54, 1.807) is 0 Å². The Morgan fingerprint density at radius 1 is 1.35 bits per heavy atom. The molecular formula is C13H20ClNO2. The summed E-state index contributed by atoms with van der Waals surface area (Å²) in [6, 6.07) is 5.65. The number of benzene rings is 1. The van der Waals surface area contributed by atoms with E-state index in [9.17, 15) is 0 Å². The smallest absolute Gasteiger partial charge is 0.123 e. The van der Waals surface area contributed by atoms with E-state index in [4.69, 9.17) is 21.4 Å². The van der Waals surface area contributed by atoms with Crippen LogP contribution in [-0.4, -0.2) is 24.9 Å². The Labute approximate surface area is 108 Å². The first-order chi connectivity index (χ1) is 8.27. The number of hydrogen-bond donors (Lipinski definition) is 2. The van der Waals surface area contributed by atoms with Gasteiger partial charge in [-0.3, -0.25) is 0 Å². The molecule has 0 bridgehead atoms. The van der Waals surface area contributed by atoms with Crippen molar-refractivity contribution in [3.05, 3.63) is 28.8 Å². The largest absolute Gasteiger partial charge is 0.493 e. The Morgan fingerprint density at radius 3 is 2.88 bits per heavy atom. The highest BCUT2D eigenvalue weighted by Gasteiger charge is 2.04. The average Bonchev–Trinajstić information content (AvgIpc) is 2.34. The zero-order valence-corrected chi connectivity index (χ0v) is 11.0. The second-order valence-corrected chi connectivity index (χ2v) is 4.25. The van der Waals surface area contributed by atoms with Gasteiger partial charge in [0.1, 0.15) is 5.75 Å². The first-order valence-corrected chi connectivity index (χ1v) is 6.38. The van der Waals surface area contributed by atoms with Crippen LogP contribution in [0.3, 0.4) is 0 Å². The van der Waals surface area contributed by atoms with Crippen LogP contribution in [0, 0.1) is 0 Å². The van der Waals surface area contributed by atoms with Crippen LogP contribution in [0.25, 0.3) is 0 Å². The molecule has 0 amide bonds. The molecule has 0 heterocycles. The van der Waals surface area contributed by atoms with Gasteiger partial charge in [0.2, 0.25) is 0 Å². The third-order valence-electron chi connectivity index (χ3n) is 2.40. The summed E-state index contributed by atoms with van der Waals surface area (Å²) in [5, 5.41) is 12.7. The van der Waals surface area contributed by atoms with E-state index in [-0.39, 0.29) is 6.61 Å². The van der Waals surface area contributed by atoms with Gasteiger partial charge < -0.3 is 15.2 Å². The molecule has 2 N–H and O–H groups in total. The van der Waals surface area contributed by atoms with Gasteiger partial charge >= 0.3 is 0 Å². The van der Waals surface area contributed by atoms with Crippen LogP contribution in [0.2, 0.25) is 5.02 Å². The van der Waals surface area contributed by atoms with Crippen molar-refractivity contribution in [1.29, 1.82) is 0 Å². The number of nitrogens with one attached hydrogen (secondary N) is 1. The summed E-state index contributed by atoms with van der Waals surface area (Å²) in [5.74, 6) is 0.869. The monoisotopic (exact) mass is 257 g/mol. The van der Waals surface area contributed by atoms with Crippen molar-refractivity contribution in [3.63, 3.8) is 0 Å². The molecule has 0 saturated carbocycles. The lowest BCUT2D eigenvalue weighted by Gasteiger charge is -2.12. The Bertz CT molecular complexity index is 331. The Hall–Kier alpha value is -0.770. The summed E-state index contributed by atoms with van der Waals surface area (Å²) < 4.78 is 5.68. The molecule has 1 rings (SSSR count). The van der Waals surface area contributed by atoms with Crippen LogP contribution in [0.5, 0.6) is 5.75 Å². The molecule has 0 unspecified atom stereocenters. The number of ether oxygens (including phenoxy) is 1. The van der Waals surface area contributed by atoms with Gasteiger partial charge in [-0.25, -0.2) is 0 Å². The predicted molar refractivity (Wildman–Crippen MR) is 70.6 cm³/mol. The number of hydrogen-bond acceptors (Lipinski definition) is 3. The molecule has 1 aromatic carbocycles. The van der Waals surface area contributed by atoms with Crippen molar-refractivity contribution in [2.75, 3.05) is 19.8 Å². The number of aliphatic hydroxyl groups is 1. The molecule has 0 atom stereocenters. The number of aliphatic hydroxyl groups excluding tert-OH is 1. The van der Waals surface area contributed by atoms with E-state index < -0.39 is 0 Å². The Balaban J connectivity index is 2.55. The lowest BCUT2D eigenvalue weighted by atomic mass is 10.2. The average molecular weight is 258 g/mol. The third-order valence-corrected chi connectivity index (χ3v) is 2.63. The summed E-state index contributed by atoms with van der Waals surface area (Å²) in [6.45, 7) is 4.57. The van der Waals surface area contributed by atoms with Gasteiger partial charge in [-0.1, -0.05) is 18.5 Å².